The van der Waals surface area contributed by atoms with Crippen LogP contribution in [0.5, 0.6) is 5.75 Å². The summed E-state index contributed by atoms with van der Waals surface area (Å²) in [6.07, 6.45) is 0. The zero-order chi connectivity index (χ0) is 18.4. The fourth-order valence-electron chi connectivity index (χ4n) is 3.13. The zero-order valence-electron chi connectivity index (χ0n) is 15.7. The normalized spacial score (nSPS) is 16.4. The molecule has 0 amide bonds. The van der Waals surface area contributed by atoms with Crippen LogP contribution < -0.4 is 14.4 Å². The highest BCUT2D eigenvalue weighted by atomic mass is 32.2. The molecule has 2 rings (SSSR count). The maximum absolute atomic E-state index is 12.8. The van der Waals surface area contributed by atoms with E-state index in [4.69, 9.17) is 9.47 Å². The van der Waals surface area contributed by atoms with Crippen molar-refractivity contribution in [3.05, 3.63) is 23.3 Å². The summed E-state index contributed by atoms with van der Waals surface area (Å²) in [6.45, 7) is 12.9. The molecule has 0 aromatic heterocycles. The van der Waals surface area contributed by atoms with Crippen LogP contribution in [0.3, 0.4) is 0 Å². The van der Waals surface area contributed by atoms with E-state index in [1.54, 1.807) is 6.07 Å². The van der Waals surface area contributed by atoms with Gasteiger partial charge in [0.05, 0.1) is 32.9 Å². The van der Waals surface area contributed by atoms with Crippen molar-refractivity contribution in [2.24, 2.45) is 0 Å². The van der Waals surface area contributed by atoms with Crippen LogP contribution in [0, 0.1) is 6.92 Å². The maximum atomic E-state index is 12.8. The number of hydrogen-bond donors (Lipinski definition) is 2. The van der Waals surface area contributed by atoms with Crippen LogP contribution in [-0.4, -0.2) is 54.4 Å². The van der Waals surface area contributed by atoms with E-state index in [-0.39, 0.29) is 10.8 Å². The first-order chi connectivity index (χ1) is 11.8. The van der Waals surface area contributed by atoms with Gasteiger partial charge in [-0.3, -0.25) is 0 Å². The summed E-state index contributed by atoms with van der Waals surface area (Å²) < 4.78 is 39.3. The fraction of sp³-hybridized carbons (Fsp3) is 0.667. The lowest BCUT2D eigenvalue weighted by molar-refractivity contribution is -0.906. The van der Waals surface area contributed by atoms with Gasteiger partial charge in [-0.05, 0) is 43.0 Å². The molecule has 1 aromatic rings. The smallest absolute Gasteiger partial charge is 0.244 e. The Labute approximate surface area is 151 Å². The van der Waals surface area contributed by atoms with Gasteiger partial charge in [0, 0.05) is 0 Å². The zero-order valence-corrected chi connectivity index (χ0v) is 16.5. The first-order valence-electron chi connectivity index (χ1n) is 9.03. The Morgan fingerprint density at radius 1 is 1.28 bits per heavy atom. The largest absolute Gasteiger partial charge is 0.492 e. The Hall–Kier alpha value is -1.15. The Kier molecular flexibility index (Phi) is 7.25. The van der Waals surface area contributed by atoms with E-state index >= 15 is 0 Å². The van der Waals surface area contributed by atoms with Gasteiger partial charge in [0.25, 0.3) is 0 Å². The van der Waals surface area contributed by atoms with Gasteiger partial charge in [-0.1, -0.05) is 13.8 Å². The highest BCUT2D eigenvalue weighted by molar-refractivity contribution is 7.89. The molecule has 0 radical (unpaired) electrons. The molecule has 1 aliphatic heterocycles. The van der Waals surface area contributed by atoms with Crippen molar-refractivity contribution >= 4 is 10.0 Å². The summed E-state index contributed by atoms with van der Waals surface area (Å²) in [5.74, 6) is 0.679. The number of ether oxygens (including phenoxy) is 2. The van der Waals surface area contributed by atoms with Gasteiger partial charge in [0.15, 0.2) is 0 Å². The molecule has 1 heterocycles. The molecule has 1 aromatic carbocycles. The lowest BCUT2D eigenvalue weighted by atomic mass is 9.98. The number of morpholine rings is 1. The average molecular weight is 372 g/mol. The summed E-state index contributed by atoms with van der Waals surface area (Å²) in [7, 11) is -3.61. The van der Waals surface area contributed by atoms with E-state index in [9.17, 15) is 8.42 Å². The Balaban J connectivity index is 2.16. The first kappa shape index (κ1) is 20.2. The van der Waals surface area contributed by atoms with E-state index in [2.05, 4.69) is 18.6 Å². The molecule has 0 saturated carbocycles. The third-order valence-corrected chi connectivity index (χ3v) is 6.00. The molecule has 1 saturated heterocycles. The lowest BCUT2D eigenvalue weighted by Crippen LogP contribution is -3.14. The Morgan fingerprint density at radius 3 is 2.56 bits per heavy atom. The highest BCUT2D eigenvalue weighted by Crippen LogP contribution is 2.31. The molecule has 0 spiro atoms. The Bertz CT molecular complexity index is 668. The molecule has 25 heavy (non-hydrogen) atoms. The molecular formula is C18H31N2O4S+. The van der Waals surface area contributed by atoms with Crippen LogP contribution in [0.1, 0.15) is 37.8 Å². The molecule has 0 unspecified atom stereocenters. The van der Waals surface area contributed by atoms with Crippen molar-refractivity contribution in [3.8, 4) is 5.75 Å². The second-order valence-corrected chi connectivity index (χ2v) is 8.49. The molecule has 7 heteroatoms. The lowest BCUT2D eigenvalue weighted by Gasteiger charge is -2.24. The molecule has 1 aliphatic rings. The van der Waals surface area contributed by atoms with Crippen LogP contribution >= 0.6 is 0 Å². The monoisotopic (exact) mass is 371 g/mol. The number of benzene rings is 1. The van der Waals surface area contributed by atoms with Crippen LogP contribution in [-0.2, 0) is 14.8 Å². The minimum absolute atomic E-state index is 0.237. The van der Waals surface area contributed by atoms with Crippen LogP contribution in [0.4, 0.5) is 0 Å². The van der Waals surface area contributed by atoms with Crippen molar-refractivity contribution in [2.75, 3.05) is 46.0 Å². The van der Waals surface area contributed by atoms with Gasteiger partial charge in [0.2, 0.25) is 10.0 Å². The van der Waals surface area contributed by atoms with Crippen LogP contribution in [0.25, 0.3) is 0 Å². The summed E-state index contributed by atoms with van der Waals surface area (Å²) in [5.41, 5.74) is 2.08. The highest BCUT2D eigenvalue weighted by Gasteiger charge is 2.23. The summed E-state index contributed by atoms with van der Waals surface area (Å²) in [4.78, 5) is 1.60. The quantitative estimate of drug-likeness (QED) is 0.706. The first-order valence-corrected chi connectivity index (χ1v) is 10.5. The molecule has 6 nitrogen and oxygen atoms in total. The van der Waals surface area contributed by atoms with Crippen molar-refractivity contribution in [3.63, 3.8) is 0 Å². The molecular weight excluding hydrogens is 340 g/mol. The van der Waals surface area contributed by atoms with E-state index in [0.29, 0.717) is 18.9 Å². The standard InChI is InChI=1S/C18H30N2O4S/c1-5-24-17-12-15(4)16(14(2)3)13-18(17)25(21,22)19-6-7-20-8-10-23-11-9-20/h12-14,19H,5-11H2,1-4H3/p+1. The Morgan fingerprint density at radius 2 is 1.96 bits per heavy atom. The summed E-state index contributed by atoms with van der Waals surface area (Å²) >= 11 is 0. The minimum Gasteiger partial charge on any atom is -0.492 e. The van der Waals surface area contributed by atoms with Gasteiger partial charge in [-0.15, -0.1) is 0 Å². The molecule has 1 fully saturated rings. The number of sulfonamides is 1. The fourth-order valence-corrected chi connectivity index (χ4v) is 4.32. The molecule has 2 N–H and O–H groups in total. The van der Waals surface area contributed by atoms with Crippen LogP contribution in [0.15, 0.2) is 17.0 Å². The topological polar surface area (TPSA) is 69.1 Å². The van der Waals surface area contributed by atoms with Gasteiger partial charge in [-0.2, -0.15) is 0 Å². The van der Waals surface area contributed by atoms with E-state index in [0.717, 1.165) is 44.0 Å². The van der Waals surface area contributed by atoms with E-state index in [1.807, 2.05) is 19.9 Å². The molecule has 142 valence electrons. The molecule has 0 bridgehead atoms. The number of nitrogens with one attached hydrogen (secondary N) is 2. The van der Waals surface area contributed by atoms with Crippen molar-refractivity contribution in [1.82, 2.24) is 4.72 Å². The molecule has 0 aliphatic carbocycles. The number of aryl methyl sites for hydroxylation is 1. The predicted octanol–water partition coefficient (Wildman–Crippen LogP) is 0.711. The van der Waals surface area contributed by atoms with Gasteiger partial charge < -0.3 is 14.4 Å². The van der Waals surface area contributed by atoms with E-state index in [1.165, 1.54) is 4.90 Å². The second kappa shape index (κ2) is 8.98. The van der Waals surface area contributed by atoms with Gasteiger partial charge >= 0.3 is 0 Å². The van der Waals surface area contributed by atoms with Crippen molar-refractivity contribution < 1.29 is 22.8 Å². The van der Waals surface area contributed by atoms with Crippen LogP contribution in [0.2, 0.25) is 0 Å². The van der Waals surface area contributed by atoms with Gasteiger partial charge in [-0.25, -0.2) is 13.1 Å². The number of hydrogen-bond acceptors (Lipinski definition) is 4. The van der Waals surface area contributed by atoms with E-state index < -0.39 is 10.0 Å². The average Bonchev–Trinajstić information content (AvgIpc) is 2.55. The summed E-state index contributed by atoms with van der Waals surface area (Å²) in [5, 5.41) is 0. The number of quaternary nitrogens is 1. The third-order valence-electron chi connectivity index (χ3n) is 4.51. The summed E-state index contributed by atoms with van der Waals surface area (Å²) in [6, 6.07) is 3.59. The SMILES string of the molecule is CCOc1cc(C)c(C(C)C)cc1S(=O)(=O)NCC[NH+]1CCOCC1. The second-order valence-electron chi connectivity index (χ2n) is 6.75. The predicted molar refractivity (Wildman–Crippen MR) is 98.0 cm³/mol. The van der Waals surface area contributed by atoms with Gasteiger partial charge in [0.1, 0.15) is 23.7 Å². The van der Waals surface area contributed by atoms with Crippen molar-refractivity contribution in [1.29, 1.82) is 0 Å². The molecule has 0 atom stereocenters. The minimum atomic E-state index is -3.61. The van der Waals surface area contributed by atoms with Crippen molar-refractivity contribution in [2.45, 2.75) is 38.5 Å². The number of rotatable bonds is 8. The third kappa shape index (κ3) is 5.41. The maximum Gasteiger partial charge on any atom is 0.244 e.